The van der Waals surface area contributed by atoms with Gasteiger partial charge in [0.2, 0.25) is 0 Å². The van der Waals surface area contributed by atoms with Gasteiger partial charge in [0.1, 0.15) is 12.4 Å². The van der Waals surface area contributed by atoms with Crippen molar-refractivity contribution in [3.8, 4) is 17.2 Å². The van der Waals surface area contributed by atoms with Crippen LogP contribution in [0.3, 0.4) is 0 Å². The van der Waals surface area contributed by atoms with Crippen molar-refractivity contribution in [2.75, 3.05) is 20.3 Å². The third kappa shape index (κ3) is 8.90. The fourth-order valence-corrected chi connectivity index (χ4v) is 5.53. The van der Waals surface area contributed by atoms with E-state index in [9.17, 15) is 14.4 Å². The van der Waals surface area contributed by atoms with Gasteiger partial charge in [-0.2, -0.15) is 5.10 Å². The van der Waals surface area contributed by atoms with Crippen LogP contribution in [0.5, 0.6) is 17.2 Å². The van der Waals surface area contributed by atoms with E-state index in [1.165, 1.54) is 13.3 Å². The van der Waals surface area contributed by atoms with Crippen molar-refractivity contribution < 1.29 is 33.3 Å². The van der Waals surface area contributed by atoms with Crippen LogP contribution in [0, 0.1) is 0 Å². The second-order valence-corrected chi connectivity index (χ2v) is 11.2. The summed E-state index contributed by atoms with van der Waals surface area (Å²) in [5.41, 5.74) is 4.98. The lowest BCUT2D eigenvalue weighted by atomic mass is 9.95. The molecule has 0 saturated heterocycles. The number of hydrogen-bond donors (Lipinski definition) is 3. The number of benzene rings is 3. The number of urea groups is 1. The number of hydrazone groups is 1. The Bertz CT molecular complexity index is 1660. The summed E-state index contributed by atoms with van der Waals surface area (Å²) >= 11 is 15.8. The smallest absolute Gasteiger partial charge is 0.338 e. The molecule has 0 saturated carbocycles. The summed E-state index contributed by atoms with van der Waals surface area (Å²) in [6.45, 7) is 3.34. The van der Waals surface area contributed by atoms with Crippen molar-refractivity contribution >= 4 is 63.3 Å². The third-order valence-corrected chi connectivity index (χ3v) is 7.39. The van der Waals surface area contributed by atoms with Crippen LogP contribution >= 0.6 is 39.1 Å². The van der Waals surface area contributed by atoms with E-state index in [-0.39, 0.29) is 36.9 Å². The van der Waals surface area contributed by atoms with Gasteiger partial charge in [0, 0.05) is 21.3 Å². The molecule has 0 bridgehead atoms. The number of hydrogen-bond acceptors (Lipinski definition) is 8. The second-order valence-electron chi connectivity index (χ2n) is 9.51. The van der Waals surface area contributed by atoms with Gasteiger partial charge in [0.15, 0.2) is 18.1 Å². The van der Waals surface area contributed by atoms with Gasteiger partial charge in [-0.3, -0.25) is 4.79 Å². The highest BCUT2D eigenvalue weighted by Crippen LogP contribution is 2.35. The average molecular weight is 720 g/mol. The number of esters is 1. The number of halogens is 3. The van der Waals surface area contributed by atoms with Gasteiger partial charge in [0.05, 0.1) is 36.0 Å². The van der Waals surface area contributed by atoms with E-state index >= 15 is 0 Å². The Morgan fingerprint density at radius 1 is 1.07 bits per heavy atom. The molecule has 3 amide bonds. The molecule has 0 radical (unpaired) electrons. The summed E-state index contributed by atoms with van der Waals surface area (Å²) in [7, 11) is 1.43. The van der Waals surface area contributed by atoms with E-state index in [1.54, 1.807) is 56.3 Å². The Morgan fingerprint density at radius 3 is 2.60 bits per heavy atom. The number of rotatable bonds is 12. The van der Waals surface area contributed by atoms with Crippen molar-refractivity contribution in [2.24, 2.45) is 5.10 Å². The lowest BCUT2D eigenvalue weighted by Gasteiger charge is -2.28. The molecule has 45 heavy (non-hydrogen) atoms. The quantitative estimate of drug-likeness (QED) is 0.118. The average Bonchev–Trinajstić information content (AvgIpc) is 2.99. The molecule has 11 nitrogen and oxygen atoms in total. The molecular formula is C31H29BrCl2N4O7. The first-order valence-corrected chi connectivity index (χ1v) is 15.1. The van der Waals surface area contributed by atoms with Crippen LogP contribution in [0.4, 0.5) is 4.79 Å². The number of nitrogens with zero attached hydrogens (tertiary/aromatic N) is 1. The molecule has 4 rings (SSSR count). The van der Waals surface area contributed by atoms with E-state index in [4.69, 9.17) is 42.1 Å². The Hall–Kier alpha value is -4.26. The minimum absolute atomic E-state index is 0.175. The van der Waals surface area contributed by atoms with Crippen LogP contribution < -0.4 is 30.3 Å². The Labute approximate surface area is 278 Å². The monoisotopic (exact) mass is 718 g/mol. The Kier molecular flexibility index (Phi) is 11.7. The van der Waals surface area contributed by atoms with Gasteiger partial charge < -0.3 is 29.6 Å². The fourth-order valence-electron chi connectivity index (χ4n) is 4.37. The number of carbonyl (C=O) groups excluding carboxylic acids is 3. The lowest BCUT2D eigenvalue weighted by Crippen LogP contribution is -2.45. The molecular weight excluding hydrogens is 691 g/mol. The standard InChI is InChI=1S/C31H29BrCl2N4O7/c1-4-43-30(40)27-17(2)36-31(41)37-28(27)19-8-9-24(25(12-19)42-3)44-16-26(39)38-35-14-20-11-22(34)13-23(32)29(20)45-15-18-6-5-7-21(33)10-18/h5-14,28H,4,15-16H2,1-3H3,(H,38,39)(H2,36,37,41)/b35-14+/t28-/m1/s1. The second kappa shape index (κ2) is 15.6. The van der Waals surface area contributed by atoms with Gasteiger partial charge in [-0.15, -0.1) is 0 Å². The molecule has 0 fully saturated rings. The summed E-state index contributed by atoms with van der Waals surface area (Å²) < 4.78 is 22.9. The van der Waals surface area contributed by atoms with Crippen molar-refractivity contribution in [2.45, 2.75) is 26.5 Å². The first kappa shape index (κ1) is 33.6. The number of carbonyl (C=O) groups is 3. The number of nitrogens with one attached hydrogen (secondary N) is 3. The SMILES string of the molecule is CCOC(=O)C1=C(C)NC(=O)N[C@@H]1c1ccc(OCC(=O)N/N=C/c2cc(Cl)cc(Br)c2OCc2cccc(Cl)c2)c(OC)c1. The molecule has 1 aliphatic heterocycles. The molecule has 3 aromatic rings. The van der Waals surface area contributed by atoms with Crippen molar-refractivity contribution in [1.82, 2.24) is 16.1 Å². The highest BCUT2D eigenvalue weighted by molar-refractivity contribution is 9.10. The number of ether oxygens (including phenoxy) is 4. The Balaban J connectivity index is 1.41. The minimum Gasteiger partial charge on any atom is -0.493 e. The predicted octanol–water partition coefficient (Wildman–Crippen LogP) is 6.06. The van der Waals surface area contributed by atoms with E-state index in [1.807, 2.05) is 12.1 Å². The maximum atomic E-state index is 12.6. The van der Waals surface area contributed by atoms with Gasteiger partial charge in [0.25, 0.3) is 5.91 Å². The minimum atomic E-state index is -0.788. The molecule has 0 aliphatic carbocycles. The van der Waals surface area contributed by atoms with Crippen LogP contribution in [0.25, 0.3) is 0 Å². The highest BCUT2D eigenvalue weighted by atomic mass is 79.9. The molecule has 0 unspecified atom stereocenters. The highest BCUT2D eigenvalue weighted by Gasteiger charge is 2.32. The summed E-state index contributed by atoms with van der Waals surface area (Å²) in [6.07, 6.45) is 1.40. The van der Waals surface area contributed by atoms with Gasteiger partial charge in [-0.05, 0) is 77.3 Å². The van der Waals surface area contributed by atoms with Crippen molar-refractivity contribution in [3.05, 3.63) is 97.1 Å². The number of amides is 3. The maximum absolute atomic E-state index is 12.6. The summed E-state index contributed by atoms with van der Waals surface area (Å²) in [6, 6.07) is 14.2. The summed E-state index contributed by atoms with van der Waals surface area (Å²) in [5.74, 6) is -0.0978. The van der Waals surface area contributed by atoms with Gasteiger partial charge >= 0.3 is 12.0 Å². The zero-order valence-corrected chi connectivity index (χ0v) is 27.5. The molecule has 0 aromatic heterocycles. The van der Waals surface area contributed by atoms with Crippen LogP contribution in [-0.4, -0.2) is 44.4 Å². The molecule has 0 spiro atoms. The van der Waals surface area contributed by atoms with Crippen LogP contribution in [0.1, 0.15) is 36.6 Å². The maximum Gasteiger partial charge on any atom is 0.338 e. The molecule has 236 valence electrons. The molecule has 14 heteroatoms. The molecule has 1 aliphatic rings. The number of methoxy groups -OCH3 is 1. The predicted molar refractivity (Wildman–Crippen MR) is 173 cm³/mol. The zero-order chi connectivity index (χ0) is 32.5. The van der Waals surface area contributed by atoms with Crippen LogP contribution in [-0.2, 0) is 20.9 Å². The van der Waals surface area contributed by atoms with Gasteiger partial charge in [-0.1, -0.05) is 41.4 Å². The van der Waals surface area contributed by atoms with E-state index < -0.39 is 23.9 Å². The zero-order valence-electron chi connectivity index (χ0n) is 24.4. The van der Waals surface area contributed by atoms with E-state index in [2.05, 4.69) is 37.1 Å². The summed E-state index contributed by atoms with van der Waals surface area (Å²) in [5, 5.41) is 10.4. The topological polar surface area (TPSA) is 137 Å². The third-order valence-electron chi connectivity index (χ3n) is 6.35. The van der Waals surface area contributed by atoms with Crippen molar-refractivity contribution in [3.63, 3.8) is 0 Å². The molecule has 1 atom stereocenters. The Morgan fingerprint density at radius 2 is 1.87 bits per heavy atom. The summed E-state index contributed by atoms with van der Waals surface area (Å²) in [4.78, 5) is 37.4. The van der Waals surface area contributed by atoms with E-state index in [0.717, 1.165) is 5.56 Å². The molecule has 1 heterocycles. The van der Waals surface area contributed by atoms with Crippen molar-refractivity contribution in [1.29, 1.82) is 0 Å². The van der Waals surface area contributed by atoms with Gasteiger partial charge in [-0.25, -0.2) is 15.0 Å². The molecule has 3 aromatic carbocycles. The first-order valence-electron chi connectivity index (χ1n) is 13.5. The lowest BCUT2D eigenvalue weighted by molar-refractivity contribution is -0.139. The van der Waals surface area contributed by atoms with Crippen LogP contribution in [0.15, 0.2) is 75.4 Å². The van der Waals surface area contributed by atoms with Crippen LogP contribution in [0.2, 0.25) is 10.0 Å². The normalized spacial score (nSPS) is 14.4. The first-order chi connectivity index (χ1) is 21.6. The van der Waals surface area contributed by atoms with E-state index in [0.29, 0.717) is 37.1 Å². The largest absolute Gasteiger partial charge is 0.493 e. The molecule has 3 N–H and O–H groups in total. The fraction of sp³-hybridized carbons (Fsp3) is 0.226. The number of allylic oxidation sites excluding steroid dienone is 1.